The quantitative estimate of drug-likeness (QED) is 0.927. The van der Waals surface area contributed by atoms with Crippen molar-refractivity contribution in [2.24, 2.45) is 5.73 Å². The van der Waals surface area contributed by atoms with E-state index in [0.29, 0.717) is 6.54 Å². The first kappa shape index (κ1) is 13.1. The smallest absolute Gasteiger partial charge is 0.123 e. The molecule has 2 aromatic carbocycles. The molecule has 0 saturated carbocycles. The highest BCUT2D eigenvalue weighted by Crippen LogP contribution is 2.28. The monoisotopic (exact) mass is 270 g/mol. The summed E-state index contributed by atoms with van der Waals surface area (Å²) in [5.74, 6) is -0.201. The van der Waals surface area contributed by atoms with Crippen LogP contribution in [0, 0.1) is 5.82 Å². The largest absolute Gasteiger partial charge is 0.367 e. The molecular weight excluding hydrogens is 251 g/mol. The van der Waals surface area contributed by atoms with Crippen molar-refractivity contribution in [3.63, 3.8) is 0 Å². The van der Waals surface area contributed by atoms with E-state index in [2.05, 4.69) is 29.2 Å². The summed E-state index contributed by atoms with van der Waals surface area (Å²) >= 11 is 0. The summed E-state index contributed by atoms with van der Waals surface area (Å²) in [4.78, 5) is 2.33. The van der Waals surface area contributed by atoms with Crippen molar-refractivity contribution in [3.05, 3.63) is 65.0 Å². The molecule has 3 rings (SSSR count). The van der Waals surface area contributed by atoms with E-state index in [4.69, 9.17) is 5.73 Å². The van der Waals surface area contributed by atoms with Gasteiger partial charge < -0.3 is 10.6 Å². The number of benzene rings is 2. The number of fused-ring (bicyclic) bond motifs is 1. The Morgan fingerprint density at radius 2 is 1.90 bits per heavy atom. The molecule has 3 heteroatoms. The highest BCUT2D eigenvalue weighted by Gasteiger charge is 2.16. The van der Waals surface area contributed by atoms with Crippen LogP contribution in [0.3, 0.4) is 0 Å². The Balaban J connectivity index is 1.87. The predicted octanol–water partition coefficient (Wildman–Crippen LogP) is 3.24. The molecule has 1 aliphatic heterocycles. The SMILES string of the molecule is NCc1cc(F)cc(CN2CCCc3ccccc32)c1. The van der Waals surface area contributed by atoms with Crippen LogP contribution in [0.25, 0.3) is 0 Å². The van der Waals surface area contributed by atoms with Gasteiger partial charge in [0.05, 0.1) is 0 Å². The maximum Gasteiger partial charge on any atom is 0.123 e. The number of rotatable bonds is 3. The van der Waals surface area contributed by atoms with Crippen LogP contribution in [0.15, 0.2) is 42.5 Å². The molecule has 0 radical (unpaired) electrons. The van der Waals surface area contributed by atoms with E-state index in [1.165, 1.54) is 17.3 Å². The molecule has 0 saturated heterocycles. The number of nitrogens with two attached hydrogens (primary N) is 1. The molecule has 2 N–H and O–H groups in total. The molecule has 0 aromatic heterocycles. The summed E-state index contributed by atoms with van der Waals surface area (Å²) in [7, 11) is 0. The van der Waals surface area contributed by atoms with Crippen molar-refractivity contribution in [1.82, 2.24) is 0 Å². The van der Waals surface area contributed by atoms with E-state index in [1.54, 1.807) is 6.07 Å². The molecule has 0 fully saturated rings. The number of halogens is 1. The number of nitrogens with zero attached hydrogens (tertiary/aromatic N) is 1. The molecule has 2 nitrogen and oxygen atoms in total. The van der Waals surface area contributed by atoms with Gasteiger partial charge in [-0.1, -0.05) is 24.3 Å². The Morgan fingerprint density at radius 3 is 2.75 bits per heavy atom. The minimum Gasteiger partial charge on any atom is -0.367 e. The third-order valence-electron chi connectivity index (χ3n) is 3.83. The van der Waals surface area contributed by atoms with E-state index in [9.17, 15) is 4.39 Å². The van der Waals surface area contributed by atoms with Crippen molar-refractivity contribution >= 4 is 5.69 Å². The summed E-state index contributed by atoms with van der Waals surface area (Å²) < 4.78 is 13.6. The lowest BCUT2D eigenvalue weighted by molar-refractivity contribution is 0.620. The molecule has 0 spiro atoms. The van der Waals surface area contributed by atoms with E-state index in [0.717, 1.165) is 37.1 Å². The zero-order valence-corrected chi connectivity index (χ0v) is 11.5. The van der Waals surface area contributed by atoms with Crippen LogP contribution >= 0.6 is 0 Å². The van der Waals surface area contributed by atoms with Crippen molar-refractivity contribution in [2.45, 2.75) is 25.9 Å². The van der Waals surface area contributed by atoms with Gasteiger partial charge in [0.2, 0.25) is 0 Å². The second-order valence-electron chi connectivity index (χ2n) is 5.33. The highest BCUT2D eigenvalue weighted by atomic mass is 19.1. The van der Waals surface area contributed by atoms with E-state index in [1.807, 2.05) is 6.07 Å². The summed E-state index contributed by atoms with van der Waals surface area (Å²) in [5.41, 5.74) is 10.1. The van der Waals surface area contributed by atoms with Gasteiger partial charge >= 0.3 is 0 Å². The van der Waals surface area contributed by atoms with Crippen molar-refractivity contribution in [1.29, 1.82) is 0 Å². The third-order valence-corrected chi connectivity index (χ3v) is 3.83. The van der Waals surface area contributed by atoms with E-state index < -0.39 is 0 Å². The number of anilines is 1. The van der Waals surface area contributed by atoms with Crippen molar-refractivity contribution in [2.75, 3.05) is 11.4 Å². The lowest BCUT2D eigenvalue weighted by Crippen LogP contribution is -2.28. The van der Waals surface area contributed by atoms with Gasteiger partial charge in [-0.15, -0.1) is 0 Å². The Hall–Kier alpha value is -1.87. The van der Waals surface area contributed by atoms with Gasteiger partial charge in [0, 0.05) is 25.3 Å². The lowest BCUT2D eigenvalue weighted by Gasteiger charge is -2.31. The fourth-order valence-electron chi connectivity index (χ4n) is 2.92. The fraction of sp³-hybridized carbons (Fsp3) is 0.294. The summed E-state index contributed by atoms with van der Waals surface area (Å²) in [6, 6.07) is 13.6. The molecule has 2 aromatic rings. The maximum absolute atomic E-state index is 13.6. The first-order chi connectivity index (χ1) is 9.76. The van der Waals surface area contributed by atoms with Crippen LogP contribution in [0.1, 0.15) is 23.1 Å². The van der Waals surface area contributed by atoms with Crippen molar-refractivity contribution < 1.29 is 4.39 Å². The minimum absolute atomic E-state index is 0.201. The molecule has 1 aliphatic rings. The van der Waals surface area contributed by atoms with Crippen LogP contribution in [0.4, 0.5) is 10.1 Å². The van der Waals surface area contributed by atoms with Crippen LogP contribution in [0.5, 0.6) is 0 Å². The van der Waals surface area contributed by atoms with Gasteiger partial charge in [-0.25, -0.2) is 4.39 Å². The lowest BCUT2D eigenvalue weighted by atomic mass is 10.0. The zero-order valence-electron chi connectivity index (χ0n) is 11.5. The molecule has 0 amide bonds. The Kier molecular flexibility index (Phi) is 3.70. The molecular formula is C17H19FN2. The molecule has 0 bridgehead atoms. The molecule has 104 valence electrons. The first-order valence-corrected chi connectivity index (χ1v) is 7.07. The molecule has 20 heavy (non-hydrogen) atoms. The normalized spacial score (nSPS) is 14.2. The van der Waals surface area contributed by atoms with E-state index in [-0.39, 0.29) is 5.82 Å². The first-order valence-electron chi connectivity index (χ1n) is 7.07. The van der Waals surface area contributed by atoms with Gasteiger partial charge in [0.1, 0.15) is 5.82 Å². The van der Waals surface area contributed by atoms with Crippen molar-refractivity contribution in [3.8, 4) is 0 Å². The zero-order chi connectivity index (χ0) is 13.9. The summed E-state index contributed by atoms with van der Waals surface area (Å²) in [6.45, 7) is 2.13. The molecule has 0 aliphatic carbocycles. The van der Waals surface area contributed by atoms with Gasteiger partial charge in [-0.05, 0) is 47.7 Å². The summed E-state index contributed by atoms with van der Waals surface area (Å²) in [6.07, 6.45) is 2.28. The topological polar surface area (TPSA) is 29.3 Å². The van der Waals surface area contributed by atoms with Gasteiger partial charge in [0.25, 0.3) is 0 Å². The second kappa shape index (κ2) is 5.63. The minimum atomic E-state index is -0.201. The highest BCUT2D eigenvalue weighted by molar-refractivity contribution is 5.55. The van der Waals surface area contributed by atoms with Crippen LogP contribution in [0.2, 0.25) is 0 Å². The van der Waals surface area contributed by atoms with E-state index >= 15 is 0 Å². The molecule has 0 atom stereocenters. The van der Waals surface area contributed by atoms with Gasteiger partial charge in [-0.3, -0.25) is 0 Å². The molecule has 0 unspecified atom stereocenters. The number of para-hydroxylation sites is 1. The summed E-state index contributed by atoms with van der Waals surface area (Å²) in [5, 5.41) is 0. The molecule has 1 heterocycles. The second-order valence-corrected chi connectivity index (χ2v) is 5.33. The Bertz CT molecular complexity index is 610. The Labute approximate surface area is 119 Å². The van der Waals surface area contributed by atoms with Gasteiger partial charge in [0.15, 0.2) is 0 Å². The number of hydrogen-bond donors (Lipinski definition) is 1. The predicted molar refractivity (Wildman–Crippen MR) is 80.1 cm³/mol. The number of aryl methyl sites for hydroxylation is 1. The third kappa shape index (κ3) is 2.68. The van der Waals surface area contributed by atoms with Crippen LogP contribution < -0.4 is 10.6 Å². The number of hydrogen-bond acceptors (Lipinski definition) is 2. The van der Waals surface area contributed by atoms with Crippen LogP contribution in [-0.2, 0) is 19.5 Å². The maximum atomic E-state index is 13.6. The Morgan fingerprint density at radius 1 is 1.10 bits per heavy atom. The fourth-order valence-corrected chi connectivity index (χ4v) is 2.92. The van der Waals surface area contributed by atoms with Gasteiger partial charge in [-0.2, -0.15) is 0 Å². The average molecular weight is 270 g/mol. The van der Waals surface area contributed by atoms with Crippen LogP contribution in [-0.4, -0.2) is 6.54 Å². The standard InChI is InChI=1S/C17H19FN2/c18-16-9-13(11-19)8-14(10-16)12-20-7-3-5-15-4-1-2-6-17(15)20/h1-2,4,6,8-10H,3,5,7,11-12,19H2. The average Bonchev–Trinajstić information content (AvgIpc) is 2.47.